The summed E-state index contributed by atoms with van der Waals surface area (Å²) in [7, 11) is 0. The van der Waals surface area contributed by atoms with Crippen molar-refractivity contribution in [3.8, 4) is 22.8 Å². The molecule has 0 aliphatic rings. The van der Waals surface area contributed by atoms with E-state index in [1.807, 2.05) is 54.9 Å². The first-order valence-corrected chi connectivity index (χ1v) is 10.1. The standard InChI is InChI=1S/C21H17BrN6O2/c1-11-6-12(2)28(26-11)10-13-4-3-5-14(7-13)19-25-20(30-27-19)16-8-15(22)9-17-18(16)24-21(29)23-17/h3-9H,10H2,1-2H3,(H2,23,24,29). The minimum Gasteiger partial charge on any atom is -0.334 e. The average molecular weight is 465 g/mol. The van der Waals surface area contributed by atoms with Crippen molar-refractivity contribution in [2.45, 2.75) is 20.4 Å². The van der Waals surface area contributed by atoms with Gasteiger partial charge in [-0.2, -0.15) is 10.1 Å². The van der Waals surface area contributed by atoms with Crippen molar-refractivity contribution < 1.29 is 4.52 Å². The highest BCUT2D eigenvalue weighted by molar-refractivity contribution is 9.10. The molecule has 150 valence electrons. The van der Waals surface area contributed by atoms with Crippen molar-refractivity contribution in [3.63, 3.8) is 0 Å². The van der Waals surface area contributed by atoms with Gasteiger partial charge in [-0.3, -0.25) is 4.68 Å². The largest absolute Gasteiger partial charge is 0.334 e. The smallest absolute Gasteiger partial charge is 0.323 e. The highest BCUT2D eigenvalue weighted by atomic mass is 79.9. The normalized spacial score (nSPS) is 11.4. The molecular formula is C21H17BrN6O2. The van der Waals surface area contributed by atoms with Gasteiger partial charge in [0.1, 0.15) is 0 Å². The van der Waals surface area contributed by atoms with Gasteiger partial charge in [-0.05, 0) is 43.7 Å². The van der Waals surface area contributed by atoms with E-state index in [2.05, 4.69) is 47.2 Å². The fraction of sp³-hybridized carbons (Fsp3) is 0.143. The molecule has 9 heteroatoms. The molecule has 3 heterocycles. The molecule has 5 aromatic rings. The Balaban J connectivity index is 1.51. The number of imidazole rings is 1. The van der Waals surface area contributed by atoms with Gasteiger partial charge in [-0.15, -0.1) is 0 Å². The summed E-state index contributed by atoms with van der Waals surface area (Å²) >= 11 is 3.46. The zero-order valence-electron chi connectivity index (χ0n) is 16.2. The molecule has 3 aromatic heterocycles. The van der Waals surface area contributed by atoms with E-state index in [9.17, 15) is 4.79 Å². The molecule has 30 heavy (non-hydrogen) atoms. The molecule has 0 atom stereocenters. The van der Waals surface area contributed by atoms with Crippen molar-refractivity contribution in [1.82, 2.24) is 29.9 Å². The van der Waals surface area contributed by atoms with E-state index >= 15 is 0 Å². The highest BCUT2D eigenvalue weighted by Crippen LogP contribution is 2.30. The third kappa shape index (κ3) is 3.37. The van der Waals surface area contributed by atoms with Gasteiger partial charge in [-0.25, -0.2) is 4.79 Å². The number of H-pyrrole nitrogens is 2. The number of fused-ring (bicyclic) bond motifs is 1. The van der Waals surface area contributed by atoms with Crippen molar-refractivity contribution in [1.29, 1.82) is 0 Å². The van der Waals surface area contributed by atoms with Gasteiger partial charge in [0.05, 0.1) is 28.8 Å². The number of aryl methyl sites for hydroxylation is 2. The molecule has 8 nitrogen and oxygen atoms in total. The first kappa shape index (κ1) is 18.6. The Morgan fingerprint density at radius 3 is 2.80 bits per heavy atom. The van der Waals surface area contributed by atoms with Crippen molar-refractivity contribution in [2.24, 2.45) is 0 Å². The second kappa shape index (κ2) is 7.10. The molecule has 0 amide bonds. The second-order valence-corrected chi connectivity index (χ2v) is 8.08. The van der Waals surface area contributed by atoms with Crippen LogP contribution in [0.3, 0.4) is 0 Å². The molecular weight excluding hydrogens is 448 g/mol. The van der Waals surface area contributed by atoms with Crippen LogP contribution >= 0.6 is 15.9 Å². The van der Waals surface area contributed by atoms with E-state index < -0.39 is 0 Å². The van der Waals surface area contributed by atoms with Crippen molar-refractivity contribution in [2.75, 3.05) is 0 Å². The number of benzene rings is 2. The topological polar surface area (TPSA) is 105 Å². The van der Waals surface area contributed by atoms with Gasteiger partial charge in [0, 0.05) is 15.7 Å². The molecule has 0 spiro atoms. The number of rotatable bonds is 4. The lowest BCUT2D eigenvalue weighted by molar-refractivity contribution is 0.432. The van der Waals surface area contributed by atoms with Crippen LogP contribution in [0.25, 0.3) is 33.9 Å². The summed E-state index contributed by atoms with van der Waals surface area (Å²) < 4.78 is 8.29. The lowest BCUT2D eigenvalue weighted by Crippen LogP contribution is -2.04. The number of nitrogens with one attached hydrogen (secondary N) is 2. The fourth-order valence-corrected chi connectivity index (χ4v) is 4.00. The molecule has 0 bridgehead atoms. The van der Waals surface area contributed by atoms with E-state index in [4.69, 9.17) is 4.52 Å². The first-order valence-electron chi connectivity index (χ1n) is 9.32. The predicted octanol–water partition coefficient (Wildman–Crippen LogP) is 4.20. The predicted molar refractivity (Wildman–Crippen MR) is 116 cm³/mol. The maximum absolute atomic E-state index is 11.7. The Kier molecular flexibility index (Phi) is 4.39. The van der Waals surface area contributed by atoms with E-state index in [-0.39, 0.29) is 5.69 Å². The number of hydrogen-bond donors (Lipinski definition) is 2. The van der Waals surface area contributed by atoms with Crippen LogP contribution in [0.2, 0.25) is 0 Å². The van der Waals surface area contributed by atoms with Gasteiger partial charge in [-0.1, -0.05) is 39.3 Å². The molecule has 0 fully saturated rings. The van der Waals surface area contributed by atoms with Crippen molar-refractivity contribution in [3.05, 3.63) is 74.4 Å². The number of aromatic amines is 2. The summed E-state index contributed by atoms with van der Waals surface area (Å²) in [4.78, 5) is 21.8. The fourth-order valence-electron chi connectivity index (χ4n) is 3.54. The number of hydrogen-bond acceptors (Lipinski definition) is 5. The number of nitrogens with zero attached hydrogens (tertiary/aromatic N) is 4. The summed E-state index contributed by atoms with van der Waals surface area (Å²) in [6.45, 7) is 4.69. The molecule has 0 unspecified atom stereocenters. The molecule has 0 radical (unpaired) electrons. The van der Waals surface area contributed by atoms with Crippen LogP contribution in [0, 0.1) is 13.8 Å². The van der Waals surface area contributed by atoms with E-state index in [1.165, 1.54) is 0 Å². The van der Waals surface area contributed by atoms with E-state index in [0.717, 1.165) is 27.0 Å². The number of halogens is 1. The lowest BCUT2D eigenvalue weighted by atomic mass is 10.1. The molecule has 0 aliphatic carbocycles. The monoisotopic (exact) mass is 464 g/mol. The summed E-state index contributed by atoms with van der Waals surface area (Å²) in [5.74, 6) is 0.807. The maximum atomic E-state index is 11.7. The minimum atomic E-state index is -0.291. The van der Waals surface area contributed by atoms with Crippen LogP contribution in [0.1, 0.15) is 17.0 Å². The quantitative estimate of drug-likeness (QED) is 0.414. The zero-order valence-corrected chi connectivity index (χ0v) is 17.8. The summed E-state index contributed by atoms with van der Waals surface area (Å²) in [5, 5.41) is 8.67. The zero-order chi connectivity index (χ0) is 20.8. The molecule has 0 aliphatic heterocycles. The molecule has 0 saturated carbocycles. The summed E-state index contributed by atoms with van der Waals surface area (Å²) in [5.41, 5.74) is 5.68. The Labute approximate surface area is 179 Å². The van der Waals surface area contributed by atoms with Crippen LogP contribution in [0.5, 0.6) is 0 Å². The van der Waals surface area contributed by atoms with Crippen LogP contribution < -0.4 is 5.69 Å². The maximum Gasteiger partial charge on any atom is 0.323 e. The Morgan fingerprint density at radius 2 is 2.00 bits per heavy atom. The molecule has 0 saturated heterocycles. The van der Waals surface area contributed by atoms with Gasteiger partial charge in [0.25, 0.3) is 5.89 Å². The second-order valence-electron chi connectivity index (χ2n) is 7.16. The Bertz CT molecular complexity index is 1440. The average Bonchev–Trinajstić information content (AvgIpc) is 3.40. The highest BCUT2D eigenvalue weighted by Gasteiger charge is 2.16. The molecule has 2 aromatic carbocycles. The SMILES string of the molecule is Cc1cc(C)n(Cc2cccc(-c3noc(-c4cc(Br)cc5[nH]c(=O)[nH]c45)n3)c2)n1. The summed E-state index contributed by atoms with van der Waals surface area (Å²) in [6.07, 6.45) is 0. The van der Waals surface area contributed by atoms with Gasteiger partial charge >= 0.3 is 5.69 Å². The van der Waals surface area contributed by atoms with Crippen LogP contribution in [-0.2, 0) is 6.54 Å². The molecule has 2 N–H and O–H groups in total. The van der Waals surface area contributed by atoms with Crippen LogP contribution in [-0.4, -0.2) is 29.9 Å². The third-order valence-corrected chi connectivity index (χ3v) is 5.33. The van der Waals surface area contributed by atoms with Gasteiger partial charge in [0.15, 0.2) is 0 Å². The Hall–Kier alpha value is -3.46. The first-order chi connectivity index (χ1) is 14.5. The lowest BCUT2D eigenvalue weighted by Gasteiger charge is -2.05. The molecule has 5 rings (SSSR count). The van der Waals surface area contributed by atoms with Gasteiger partial charge < -0.3 is 14.5 Å². The van der Waals surface area contributed by atoms with Gasteiger partial charge in [0.2, 0.25) is 5.82 Å². The number of aromatic nitrogens is 6. The summed E-state index contributed by atoms with van der Waals surface area (Å²) in [6, 6.07) is 13.7. The van der Waals surface area contributed by atoms with Crippen molar-refractivity contribution >= 4 is 27.0 Å². The van der Waals surface area contributed by atoms with Crippen LogP contribution in [0.15, 0.2) is 56.3 Å². The Morgan fingerprint density at radius 1 is 1.13 bits per heavy atom. The minimum absolute atomic E-state index is 0.291. The van der Waals surface area contributed by atoms with E-state index in [0.29, 0.717) is 34.9 Å². The van der Waals surface area contributed by atoms with E-state index in [1.54, 1.807) is 0 Å². The third-order valence-electron chi connectivity index (χ3n) is 4.87. The van der Waals surface area contributed by atoms with Crippen LogP contribution in [0.4, 0.5) is 0 Å².